The summed E-state index contributed by atoms with van der Waals surface area (Å²) in [6, 6.07) is 2.01. The van der Waals surface area contributed by atoms with Crippen LogP contribution in [-0.2, 0) is 11.2 Å². The molecule has 10 heteroatoms. The topological polar surface area (TPSA) is 143 Å². The van der Waals surface area contributed by atoms with E-state index in [0.717, 1.165) is 18.5 Å². The van der Waals surface area contributed by atoms with E-state index in [9.17, 15) is 14.4 Å². The maximum atomic E-state index is 12.8. The average molecular weight is 426 g/mol. The Kier molecular flexibility index (Phi) is 5.38. The molecular formula is C21H26N6O4. The van der Waals surface area contributed by atoms with Gasteiger partial charge in [0, 0.05) is 24.9 Å². The van der Waals surface area contributed by atoms with Crippen molar-refractivity contribution in [2.75, 3.05) is 0 Å². The number of urea groups is 1. The van der Waals surface area contributed by atoms with E-state index in [-0.39, 0.29) is 40.9 Å². The molecule has 2 fully saturated rings. The number of nitrogens with zero attached hydrogens (tertiary/aromatic N) is 3. The van der Waals surface area contributed by atoms with Crippen LogP contribution >= 0.6 is 0 Å². The van der Waals surface area contributed by atoms with Crippen LogP contribution < -0.4 is 15.8 Å². The largest absolute Gasteiger partial charge is 0.474 e. The molecule has 4 amide bonds. The number of carbonyl (C=O) groups excluding carboxylic acids is 3. The summed E-state index contributed by atoms with van der Waals surface area (Å²) in [7, 11) is 0. The highest BCUT2D eigenvalue weighted by Crippen LogP contribution is 2.47. The zero-order valence-electron chi connectivity index (χ0n) is 17.5. The van der Waals surface area contributed by atoms with Crippen LogP contribution in [0.15, 0.2) is 30.9 Å². The Balaban J connectivity index is 1.33. The molecule has 31 heavy (non-hydrogen) atoms. The van der Waals surface area contributed by atoms with Gasteiger partial charge < -0.3 is 20.8 Å². The van der Waals surface area contributed by atoms with E-state index >= 15 is 0 Å². The van der Waals surface area contributed by atoms with Crippen LogP contribution in [0.4, 0.5) is 4.79 Å². The number of carbonyl (C=O) groups is 3. The second-order valence-corrected chi connectivity index (χ2v) is 8.71. The predicted molar refractivity (Wildman–Crippen MR) is 110 cm³/mol. The molecule has 1 aliphatic heterocycles. The first-order valence-corrected chi connectivity index (χ1v) is 10.3. The first kappa shape index (κ1) is 20.8. The minimum Gasteiger partial charge on any atom is -0.474 e. The van der Waals surface area contributed by atoms with Crippen molar-refractivity contribution < 1.29 is 19.1 Å². The Labute approximate surface area is 179 Å². The number of hydrogen-bond donors (Lipinski definition) is 3. The number of aromatic amines is 1. The minimum atomic E-state index is -0.597. The highest BCUT2D eigenvalue weighted by Gasteiger charge is 2.47. The standard InChI is InChI=1S/C21H26N6O4/c1-12(27-19(29)16(26-20(27)30)6-13-10-23-11-25-13)7-21(2)8-14(9-21)31-18-15(17(22)28)4-3-5-24-18/h3-5,10-12,14,16H,6-9H2,1-2H3,(H2,22,28)(H,23,25)(H,26,30)/t12-,14-,16?,21-/m0/s1. The second kappa shape index (κ2) is 8.01. The Bertz CT molecular complexity index is 986. The molecule has 1 aliphatic carbocycles. The van der Waals surface area contributed by atoms with Crippen molar-refractivity contribution in [1.82, 2.24) is 25.2 Å². The molecule has 2 aromatic heterocycles. The van der Waals surface area contributed by atoms with Gasteiger partial charge in [-0.15, -0.1) is 0 Å². The van der Waals surface area contributed by atoms with Gasteiger partial charge in [-0.3, -0.25) is 14.5 Å². The van der Waals surface area contributed by atoms with Crippen molar-refractivity contribution in [2.45, 2.75) is 57.7 Å². The fourth-order valence-electron chi connectivity index (χ4n) is 4.64. The van der Waals surface area contributed by atoms with Gasteiger partial charge in [0.15, 0.2) is 0 Å². The summed E-state index contributed by atoms with van der Waals surface area (Å²) in [6.07, 6.45) is 7.19. The van der Waals surface area contributed by atoms with E-state index in [1.807, 2.05) is 6.92 Å². The van der Waals surface area contributed by atoms with Gasteiger partial charge in [-0.2, -0.15) is 0 Å². The van der Waals surface area contributed by atoms with Crippen molar-refractivity contribution in [3.8, 4) is 5.88 Å². The lowest BCUT2D eigenvalue weighted by atomic mass is 9.65. The number of aromatic nitrogens is 3. The van der Waals surface area contributed by atoms with Crippen LogP contribution in [0.5, 0.6) is 5.88 Å². The summed E-state index contributed by atoms with van der Waals surface area (Å²) >= 11 is 0. The van der Waals surface area contributed by atoms with Crippen molar-refractivity contribution in [2.24, 2.45) is 11.1 Å². The molecule has 2 atom stereocenters. The number of nitrogens with one attached hydrogen (secondary N) is 2. The van der Waals surface area contributed by atoms with E-state index in [0.29, 0.717) is 12.8 Å². The van der Waals surface area contributed by atoms with Gasteiger partial charge in [0.25, 0.3) is 11.8 Å². The lowest BCUT2D eigenvalue weighted by Gasteiger charge is -2.46. The minimum absolute atomic E-state index is 0.0907. The quantitative estimate of drug-likeness (QED) is 0.544. The van der Waals surface area contributed by atoms with Gasteiger partial charge in [-0.1, -0.05) is 6.92 Å². The molecule has 1 unspecified atom stereocenters. The molecule has 1 saturated carbocycles. The molecule has 164 valence electrons. The Morgan fingerprint density at radius 1 is 1.39 bits per heavy atom. The summed E-state index contributed by atoms with van der Waals surface area (Å²) < 4.78 is 5.88. The predicted octanol–water partition coefficient (Wildman–Crippen LogP) is 1.39. The van der Waals surface area contributed by atoms with E-state index in [4.69, 9.17) is 10.5 Å². The van der Waals surface area contributed by atoms with E-state index in [2.05, 4.69) is 27.2 Å². The summed E-state index contributed by atoms with van der Waals surface area (Å²) in [4.78, 5) is 49.2. The normalized spacial score (nSPS) is 26.3. The van der Waals surface area contributed by atoms with E-state index < -0.39 is 11.9 Å². The third-order valence-electron chi connectivity index (χ3n) is 6.00. The number of nitrogens with two attached hydrogens (primary N) is 1. The highest BCUT2D eigenvalue weighted by molar-refractivity contribution is 6.04. The lowest BCUT2D eigenvalue weighted by molar-refractivity contribution is -0.129. The summed E-state index contributed by atoms with van der Waals surface area (Å²) in [6.45, 7) is 3.99. The molecule has 0 radical (unpaired) electrons. The van der Waals surface area contributed by atoms with Crippen LogP contribution in [-0.4, -0.2) is 55.9 Å². The number of rotatable bonds is 8. The van der Waals surface area contributed by atoms with Gasteiger partial charge in [0.05, 0.1) is 12.0 Å². The average Bonchev–Trinajstić information content (AvgIpc) is 3.29. The van der Waals surface area contributed by atoms with Gasteiger partial charge in [-0.05, 0) is 43.7 Å². The summed E-state index contributed by atoms with van der Waals surface area (Å²) in [5.74, 6) is -0.567. The Hall–Kier alpha value is -3.43. The first-order chi connectivity index (χ1) is 14.8. The lowest BCUT2D eigenvalue weighted by Crippen LogP contribution is -2.48. The van der Waals surface area contributed by atoms with Gasteiger partial charge in [-0.25, -0.2) is 14.8 Å². The molecular weight excluding hydrogens is 400 g/mol. The molecule has 0 aromatic carbocycles. The summed E-state index contributed by atoms with van der Waals surface area (Å²) in [5, 5.41) is 2.76. The molecule has 4 rings (SSSR count). The van der Waals surface area contributed by atoms with Crippen LogP contribution in [0, 0.1) is 5.41 Å². The van der Waals surface area contributed by atoms with Gasteiger partial charge in [0.1, 0.15) is 17.7 Å². The molecule has 0 spiro atoms. The molecule has 10 nitrogen and oxygen atoms in total. The zero-order chi connectivity index (χ0) is 22.2. The SMILES string of the molecule is C[C@@H](C[C@]1(C)C[C@@H](Oc2ncccc2C(N)=O)C1)N1C(=O)NC(Cc2c[nH]cn2)C1=O. The Morgan fingerprint density at radius 2 is 2.16 bits per heavy atom. The number of amides is 4. The van der Waals surface area contributed by atoms with Crippen LogP contribution in [0.25, 0.3) is 0 Å². The van der Waals surface area contributed by atoms with Crippen molar-refractivity contribution in [3.63, 3.8) is 0 Å². The fourth-order valence-corrected chi connectivity index (χ4v) is 4.64. The summed E-state index contributed by atoms with van der Waals surface area (Å²) in [5.41, 5.74) is 6.27. The monoisotopic (exact) mass is 426 g/mol. The second-order valence-electron chi connectivity index (χ2n) is 8.71. The van der Waals surface area contributed by atoms with Crippen molar-refractivity contribution in [1.29, 1.82) is 0 Å². The number of pyridine rings is 1. The van der Waals surface area contributed by atoms with Gasteiger partial charge >= 0.3 is 6.03 Å². The Morgan fingerprint density at radius 3 is 2.84 bits per heavy atom. The smallest absolute Gasteiger partial charge is 0.325 e. The van der Waals surface area contributed by atoms with E-state index in [1.54, 1.807) is 30.9 Å². The number of H-pyrrole nitrogens is 1. The number of primary amides is 1. The maximum Gasteiger partial charge on any atom is 0.325 e. The number of imidazole rings is 1. The molecule has 3 heterocycles. The first-order valence-electron chi connectivity index (χ1n) is 10.3. The number of hydrogen-bond acceptors (Lipinski definition) is 6. The van der Waals surface area contributed by atoms with Crippen molar-refractivity contribution in [3.05, 3.63) is 42.1 Å². The molecule has 0 bridgehead atoms. The van der Waals surface area contributed by atoms with Crippen LogP contribution in [0.1, 0.15) is 49.2 Å². The van der Waals surface area contributed by atoms with Crippen LogP contribution in [0.3, 0.4) is 0 Å². The van der Waals surface area contributed by atoms with E-state index in [1.165, 1.54) is 4.90 Å². The third kappa shape index (κ3) is 4.23. The molecule has 4 N–H and O–H groups in total. The number of ether oxygens (including phenoxy) is 1. The third-order valence-corrected chi connectivity index (χ3v) is 6.00. The molecule has 1 saturated heterocycles. The maximum absolute atomic E-state index is 12.8. The number of imide groups is 1. The highest BCUT2D eigenvalue weighted by atomic mass is 16.5. The van der Waals surface area contributed by atoms with Crippen molar-refractivity contribution >= 4 is 17.8 Å². The zero-order valence-corrected chi connectivity index (χ0v) is 17.5. The van der Waals surface area contributed by atoms with Crippen LogP contribution in [0.2, 0.25) is 0 Å². The molecule has 2 aromatic rings. The fraction of sp³-hybridized carbons (Fsp3) is 0.476. The van der Waals surface area contributed by atoms with Gasteiger partial charge in [0.2, 0.25) is 5.88 Å². The molecule has 2 aliphatic rings.